The molecule has 36 heavy (non-hydrogen) atoms. The van der Waals surface area contributed by atoms with Crippen LogP contribution >= 0.6 is 11.6 Å². The Hall–Kier alpha value is -3.58. The second-order valence-electron chi connectivity index (χ2n) is 9.22. The number of methoxy groups -OCH3 is 2. The molecule has 1 unspecified atom stereocenters. The number of hydrogen-bond acceptors (Lipinski definition) is 4. The molecule has 3 aromatic carbocycles. The van der Waals surface area contributed by atoms with Gasteiger partial charge in [-0.15, -0.1) is 0 Å². The number of likely N-dealkylation sites (tertiary alicyclic amines) is 1. The summed E-state index contributed by atoms with van der Waals surface area (Å²) in [6, 6.07) is 14.2. The molecule has 1 aromatic heterocycles. The maximum absolute atomic E-state index is 15.8. The average molecular weight is 508 g/mol. The highest BCUT2D eigenvalue weighted by Crippen LogP contribution is 2.42. The second-order valence-corrected chi connectivity index (χ2v) is 9.63. The van der Waals surface area contributed by atoms with E-state index in [1.807, 2.05) is 38.1 Å². The van der Waals surface area contributed by atoms with Gasteiger partial charge in [0.2, 0.25) is 0 Å². The molecule has 1 aliphatic heterocycles. The number of amides is 1. The van der Waals surface area contributed by atoms with Crippen LogP contribution in [0, 0.1) is 12.7 Å². The zero-order valence-corrected chi connectivity index (χ0v) is 21.4. The van der Waals surface area contributed by atoms with Crippen LogP contribution in [-0.2, 0) is 5.54 Å². The van der Waals surface area contributed by atoms with Crippen LogP contribution in [-0.4, -0.2) is 41.5 Å². The first-order valence-electron chi connectivity index (χ1n) is 11.8. The van der Waals surface area contributed by atoms with Crippen molar-refractivity contribution in [1.82, 2.24) is 14.9 Å². The summed E-state index contributed by atoms with van der Waals surface area (Å²) in [5.74, 6) is 0.256. The van der Waals surface area contributed by atoms with E-state index in [0.717, 1.165) is 23.0 Å². The number of halogens is 2. The third-order valence-electron chi connectivity index (χ3n) is 7.18. The molecule has 4 aromatic rings. The van der Waals surface area contributed by atoms with Crippen molar-refractivity contribution in [3.8, 4) is 22.6 Å². The van der Waals surface area contributed by atoms with Crippen molar-refractivity contribution in [1.29, 1.82) is 0 Å². The fourth-order valence-electron chi connectivity index (χ4n) is 5.05. The number of benzene rings is 3. The minimum absolute atomic E-state index is 0.0190. The van der Waals surface area contributed by atoms with Gasteiger partial charge in [-0.2, -0.15) is 0 Å². The maximum Gasteiger partial charge on any atom is 0.258 e. The molecule has 1 N–H and O–H groups in total. The molecule has 8 heteroatoms. The third kappa shape index (κ3) is 3.78. The number of ether oxygens (including phenoxy) is 2. The molecule has 6 nitrogen and oxygen atoms in total. The van der Waals surface area contributed by atoms with Crippen molar-refractivity contribution < 1.29 is 18.7 Å². The van der Waals surface area contributed by atoms with Gasteiger partial charge in [0.15, 0.2) is 11.6 Å². The highest BCUT2D eigenvalue weighted by Gasteiger charge is 2.45. The fourth-order valence-corrected chi connectivity index (χ4v) is 5.20. The summed E-state index contributed by atoms with van der Waals surface area (Å²) in [5.41, 5.74) is 2.91. The van der Waals surface area contributed by atoms with Crippen molar-refractivity contribution >= 4 is 28.5 Å². The number of imidazole rings is 1. The van der Waals surface area contributed by atoms with Gasteiger partial charge in [0.25, 0.3) is 5.91 Å². The van der Waals surface area contributed by atoms with E-state index in [1.165, 1.54) is 7.11 Å². The summed E-state index contributed by atoms with van der Waals surface area (Å²) in [6.07, 6.45) is 1.46. The molecule has 2 heterocycles. The summed E-state index contributed by atoms with van der Waals surface area (Å²) in [4.78, 5) is 24.1. The molecule has 0 bridgehead atoms. The van der Waals surface area contributed by atoms with Gasteiger partial charge in [-0.3, -0.25) is 4.79 Å². The van der Waals surface area contributed by atoms with E-state index in [1.54, 1.807) is 36.3 Å². The third-order valence-corrected chi connectivity index (χ3v) is 7.59. The summed E-state index contributed by atoms with van der Waals surface area (Å²) < 4.78 is 26.2. The van der Waals surface area contributed by atoms with Crippen LogP contribution in [0.15, 0.2) is 48.5 Å². The summed E-state index contributed by atoms with van der Waals surface area (Å²) >= 11 is 6.31. The molecule has 5 rings (SSSR count). The average Bonchev–Trinajstić information content (AvgIpc) is 3.51. The zero-order valence-electron chi connectivity index (χ0n) is 20.6. The van der Waals surface area contributed by atoms with Gasteiger partial charge in [0.05, 0.1) is 36.4 Å². The van der Waals surface area contributed by atoms with Gasteiger partial charge >= 0.3 is 0 Å². The van der Waals surface area contributed by atoms with Crippen molar-refractivity contribution in [2.24, 2.45) is 0 Å². The summed E-state index contributed by atoms with van der Waals surface area (Å²) in [6.45, 7) is 4.37. The quantitative estimate of drug-likeness (QED) is 0.335. The van der Waals surface area contributed by atoms with E-state index in [4.69, 9.17) is 26.1 Å². The molecule has 0 radical (unpaired) electrons. The smallest absolute Gasteiger partial charge is 0.258 e. The Balaban J connectivity index is 1.62. The standard InChI is InChI=1S/C28H27ClFN3O3/c1-16-20(29)11-12-21-25(16)32-27(31-21)28(2)14-5-15-33(28)26(34)23-19(10-13-22(36-4)24(23)30)17-6-8-18(35-3)9-7-17/h6-13H,5,14-15H2,1-4H3,(H,31,32). The lowest BCUT2D eigenvalue weighted by Gasteiger charge is -2.34. The number of carbonyl (C=O) groups is 1. The lowest BCUT2D eigenvalue weighted by Crippen LogP contribution is -2.44. The Kier molecular flexibility index (Phi) is 6.12. The first-order valence-corrected chi connectivity index (χ1v) is 12.1. The van der Waals surface area contributed by atoms with Gasteiger partial charge in [0, 0.05) is 11.6 Å². The monoisotopic (exact) mass is 507 g/mol. The predicted molar refractivity (Wildman–Crippen MR) is 138 cm³/mol. The van der Waals surface area contributed by atoms with E-state index < -0.39 is 17.3 Å². The Labute approximate surface area is 214 Å². The first-order chi connectivity index (χ1) is 17.3. The number of aromatic amines is 1. The van der Waals surface area contributed by atoms with Gasteiger partial charge < -0.3 is 19.4 Å². The van der Waals surface area contributed by atoms with Crippen molar-refractivity contribution in [3.63, 3.8) is 0 Å². The van der Waals surface area contributed by atoms with Crippen LogP contribution in [0.3, 0.4) is 0 Å². The minimum Gasteiger partial charge on any atom is -0.497 e. The van der Waals surface area contributed by atoms with Crippen LogP contribution in [0.5, 0.6) is 11.5 Å². The summed E-state index contributed by atoms with van der Waals surface area (Å²) in [5, 5.41) is 0.632. The molecule has 0 aliphatic carbocycles. The van der Waals surface area contributed by atoms with E-state index in [-0.39, 0.29) is 11.3 Å². The van der Waals surface area contributed by atoms with Crippen LogP contribution < -0.4 is 9.47 Å². The largest absolute Gasteiger partial charge is 0.497 e. The van der Waals surface area contributed by atoms with E-state index in [2.05, 4.69) is 4.98 Å². The number of aryl methyl sites for hydroxylation is 1. The topological polar surface area (TPSA) is 67.5 Å². The van der Waals surface area contributed by atoms with Crippen molar-refractivity contribution in [2.45, 2.75) is 32.2 Å². The molecular formula is C28H27ClFN3O3. The molecular weight excluding hydrogens is 481 g/mol. The van der Waals surface area contributed by atoms with Crippen LogP contribution in [0.1, 0.15) is 41.5 Å². The second kappa shape index (κ2) is 9.13. The lowest BCUT2D eigenvalue weighted by molar-refractivity contribution is 0.0601. The first kappa shape index (κ1) is 24.1. The van der Waals surface area contributed by atoms with E-state index in [0.29, 0.717) is 40.7 Å². The van der Waals surface area contributed by atoms with Crippen LogP contribution in [0.2, 0.25) is 5.02 Å². The number of nitrogens with one attached hydrogen (secondary N) is 1. The minimum atomic E-state index is -0.748. The number of H-pyrrole nitrogens is 1. The van der Waals surface area contributed by atoms with Gasteiger partial charge in [0.1, 0.15) is 11.6 Å². The number of rotatable bonds is 5. The number of fused-ring (bicyclic) bond motifs is 1. The fraction of sp³-hybridized carbons (Fsp3) is 0.286. The van der Waals surface area contributed by atoms with Gasteiger partial charge in [-0.1, -0.05) is 23.7 Å². The van der Waals surface area contributed by atoms with Crippen molar-refractivity contribution in [2.75, 3.05) is 20.8 Å². The Bertz CT molecular complexity index is 1470. The molecule has 0 spiro atoms. The Morgan fingerprint density at radius 3 is 2.56 bits per heavy atom. The molecule has 186 valence electrons. The van der Waals surface area contributed by atoms with Gasteiger partial charge in [-0.25, -0.2) is 9.37 Å². The Morgan fingerprint density at radius 1 is 1.11 bits per heavy atom. The molecule has 0 saturated carbocycles. The molecule has 1 saturated heterocycles. The van der Waals surface area contributed by atoms with E-state index >= 15 is 4.39 Å². The SMILES string of the molecule is COc1ccc(-c2ccc(OC)c(F)c2C(=O)N2CCCC2(C)c2nc3c(C)c(Cl)ccc3[nH]2)cc1. The lowest BCUT2D eigenvalue weighted by atomic mass is 9.94. The number of nitrogens with zero attached hydrogens (tertiary/aromatic N) is 2. The van der Waals surface area contributed by atoms with Gasteiger partial charge in [-0.05, 0) is 79.8 Å². The Morgan fingerprint density at radius 2 is 1.86 bits per heavy atom. The highest BCUT2D eigenvalue weighted by molar-refractivity contribution is 6.32. The predicted octanol–water partition coefficient (Wildman–Crippen LogP) is 6.50. The molecule has 1 atom stereocenters. The maximum atomic E-state index is 15.8. The zero-order chi connectivity index (χ0) is 25.6. The molecule has 1 aliphatic rings. The highest BCUT2D eigenvalue weighted by atomic mass is 35.5. The van der Waals surface area contributed by atoms with Crippen LogP contribution in [0.4, 0.5) is 4.39 Å². The molecule has 1 amide bonds. The van der Waals surface area contributed by atoms with Crippen molar-refractivity contribution in [3.05, 3.63) is 76.3 Å². The number of aromatic nitrogens is 2. The normalized spacial score (nSPS) is 17.6. The number of hydrogen-bond donors (Lipinski definition) is 1. The molecule has 1 fully saturated rings. The number of carbonyl (C=O) groups excluding carboxylic acids is 1. The van der Waals surface area contributed by atoms with Crippen LogP contribution in [0.25, 0.3) is 22.2 Å². The van der Waals surface area contributed by atoms with E-state index in [9.17, 15) is 4.79 Å². The summed E-state index contributed by atoms with van der Waals surface area (Å²) in [7, 11) is 2.97.